The summed E-state index contributed by atoms with van der Waals surface area (Å²) in [6, 6.07) is 3.68. The quantitative estimate of drug-likeness (QED) is 0.836. The molecule has 3 nitrogen and oxygen atoms in total. The number of alkyl halides is 1. The fourth-order valence-corrected chi connectivity index (χ4v) is 3.29. The van der Waals surface area contributed by atoms with Crippen LogP contribution in [0.1, 0.15) is 36.0 Å². The first-order valence-corrected chi connectivity index (χ1v) is 7.59. The second-order valence-corrected chi connectivity index (χ2v) is 5.59. The molecule has 0 bridgehead atoms. The van der Waals surface area contributed by atoms with Crippen molar-refractivity contribution in [3.63, 3.8) is 0 Å². The van der Waals surface area contributed by atoms with Crippen LogP contribution in [0.2, 0.25) is 0 Å². The number of phenolic OH excluding ortho intramolecular Hbond substituents is 1. The van der Waals surface area contributed by atoms with Crippen molar-refractivity contribution in [2.24, 2.45) is 5.92 Å². The minimum atomic E-state index is -0.691. The third-order valence-corrected chi connectivity index (χ3v) is 4.45. The van der Waals surface area contributed by atoms with Crippen LogP contribution in [0.5, 0.6) is 5.75 Å². The van der Waals surface area contributed by atoms with E-state index in [1.807, 2.05) is 0 Å². The van der Waals surface area contributed by atoms with E-state index < -0.39 is 11.7 Å². The van der Waals surface area contributed by atoms with Crippen LogP contribution >= 0.6 is 15.9 Å². The van der Waals surface area contributed by atoms with Gasteiger partial charge in [0, 0.05) is 17.4 Å². The lowest BCUT2D eigenvalue weighted by molar-refractivity contribution is 0.0907. The van der Waals surface area contributed by atoms with Crippen molar-refractivity contribution in [1.82, 2.24) is 5.32 Å². The van der Waals surface area contributed by atoms with Gasteiger partial charge in [-0.15, -0.1) is 0 Å². The number of hydrogen-bond acceptors (Lipinski definition) is 2. The number of hydrogen-bond donors (Lipinski definition) is 2. The minimum absolute atomic E-state index is 0.0169. The normalized spacial score (nSPS) is 23.1. The molecule has 2 N–H and O–H groups in total. The van der Waals surface area contributed by atoms with E-state index in [0.29, 0.717) is 5.92 Å². The third kappa shape index (κ3) is 3.47. The molecule has 1 aliphatic rings. The lowest BCUT2D eigenvalue weighted by Crippen LogP contribution is -2.43. The molecule has 104 valence electrons. The van der Waals surface area contributed by atoms with E-state index in [2.05, 4.69) is 21.2 Å². The molecule has 5 heteroatoms. The number of phenols is 1. The summed E-state index contributed by atoms with van der Waals surface area (Å²) in [6.45, 7) is 0. The second-order valence-electron chi connectivity index (χ2n) is 4.94. The van der Waals surface area contributed by atoms with Crippen LogP contribution in [0.25, 0.3) is 0 Å². The topological polar surface area (TPSA) is 49.3 Å². The van der Waals surface area contributed by atoms with Crippen molar-refractivity contribution in [3.05, 3.63) is 29.6 Å². The highest BCUT2D eigenvalue weighted by Crippen LogP contribution is 2.26. The molecule has 1 aromatic carbocycles. The van der Waals surface area contributed by atoms with Gasteiger partial charge in [-0.05, 0) is 30.9 Å². The summed E-state index contributed by atoms with van der Waals surface area (Å²) in [7, 11) is 0. The Balaban J connectivity index is 2.07. The molecule has 1 saturated carbocycles. The number of aromatic hydroxyl groups is 1. The Hall–Kier alpha value is -1.10. The van der Waals surface area contributed by atoms with Crippen LogP contribution < -0.4 is 5.32 Å². The second kappa shape index (κ2) is 6.37. The first kappa shape index (κ1) is 14.3. The average molecular weight is 330 g/mol. The van der Waals surface area contributed by atoms with E-state index in [0.717, 1.165) is 30.7 Å². The first-order valence-electron chi connectivity index (χ1n) is 6.47. The van der Waals surface area contributed by atoms with Crippen molar-refractivity contribution in [1.29, 1.82) is 0 Å². The molecule has 2 rings (SSSR count). The zero-order valence-corrected chi connectivity index (χ0v) is 12.1. The van der Waals surface area contributed by atoms with Gasteiger partial charge in [0.25, 0.3) is 5.91 Å². The summed E-state index contributed by atoms with van der Waals surface area (Å²) >= 11 is 3.46. The van der Waals surface area contributed by atoms with E-state index >= 15 is 0 Å². The van der Waals surface area contributed by atoms with E-state index in [1.165, 1.54) is 18.6 Å². The van der Waals surface area contributed by atoms with Crippen LogP contribution in [0.3, 0.4) is 0 Å². The van der Waals surface area contributed by atoms with Crippen molar-refractivity contribution in [3.8, 4) is 5.75 Å². The molecule has 0 spiro atoms. The van der Waals surface area contributed by atoms with Gasteiger partial charge in [0.15, 0.2) is 0 Å². The molecular weight excluding hydrogens is 313 g/mol. The van der Waals surface area contributed by atoms with Crippen LogP contribution in [-0.4, -0.2) is 22.4 Å². The summed E-state index contributed by atoms with van der Waals surface area (Å²) < 4.78 is 13.6. The maximum Gasteiger partial charge on any atom is 0.254 e. The molecule has 0 saturated heterocycles. The Morgan fingerprint density at radius 1 is 1.42 bits per heavy atom. The molecule has 2 unspecified atom stereocenters. The summed E-state index contributed by atoms with van der Waals surface area (Å²) in [4.78, 5) is 12.1. The third-order valence-electron chi connectivity index (χ3n) is 3.62. The molecule has 0 heterocycles. The molecular formula is C14H17BrFNO2. The number of nitrogens with one attached hydrogen (secondary N) is 1. The lowest BCUT2D eigenvalue weighted by atomic mass is 9.86. The SMILES string of the molecule is O=C(NC1CCCCC1CBr)c1ccc(O)cc1F. The van der Waals surface area contributed by atoms with Crippen molar-refractivity contribution in [2.45, 2.75) is 31.7 Å². The highest BCUT2D eigenvalue weighted by atomic mass is 79.9. The predicted octanol–water partition coefficient (Wildman–Crippen LogP) is 3.21. The summed E-state index contributed by atoms with van der Waals surface area (Å²) in [5.41, 5.74) is -0.0169. The van der Waals surface area contributed by atoms with Crippen molar-refractivity contribution >= 4 is 21.8 Å². The zero-order chi connectivity index (χ0) is 13.8. The zero-order valence-electron chi connectivity index (χ0n) is 10.5. The number of amides is 1. The van der Waals surface area contributed by atoms with Crippen LogP contribution in [0.15, 0.2) is 18.2 Å². The Kier molecular flexibility index (Phi) is 4.80. The smallest absolute Gasteiger partial charge is 0.254 e. The molecule has 0 aliphatic heterocycles. The number of halogens is 2. The lowest BCUT2D eigenvalue weighted by Gasteiger charge is -2.31. The Morgan fingerprint density at radius 3 is 2.84 bits per heavy atom. The van der Waals surface area contributed by atoms with Gasteiger partial charge >= 0.3 is 0 Å². The molecule has 1 fully saturated rings. The fraction of sp³-hybridized carbons (Fsp3) is 0.500. The minimum Gasteiger partial charge on any atom is -0.508 e. The highest BCUT2D eigenvalue weighted by Gasteiger charge is 2.26. The van der Waals surface area contributed by atoms with Gasteiger partial charge in [-0.3, -0.25) is 4.79 Å². The molecule has 1 aromatic rings. The first-order chi connectivity index (χ1) is 9.11. The Morgan fingerprint density at radius 2 is 2.16 bits per heavy atom. The summed E-state index contributed by atoms with van der Waals surface area (Å²) in [5.74, 6) is -0.873. The average Bonchev–Trinajstić information content (AvgIpc) is 2.39. The van der Waals surface area contributed by atoms with Crippen molar-refractivity contribution in [2.75, 3.05) is 5.33 Å². The van der Waals surface area contributed by atoms with Gasteiger partial charge in [-0.1, -0.05) is 28.8 Å². The summed E-state index contributed by atoms with van der Waals surface area (Å²) in [6.07, 6.45) is 4.28. The maximum atomic E-state index is 13.6. The monoisotopic (exact) mass is 329 g/mol. The van der Waals surface area contributed by atoms with Gasteiger partial charge in [0.05, 0.1) is 5.56 Å². The largest absolute Gasteiger partial charge is 0.508 e. The van der Waals surface area contributed by atoms with Crippen LogP contribution in [0, 0.1) is 11.7 Å². The van der Waals surface area contributed by atoms with Gasteiger partial charge in [-0.2, -0.15) is 0 Å². The van der Waals surface area contributed by atoms with Gasteiger partial charge in [0.2, 0.25) is 0 Å². The fourth-order valence-electron chi connectivity index (χ4n) is 2.52. The number of benzene rings is 1. The standard InChI is InChI=1S/C14H17BrFNO2/c15-8-9-3-1-2-4-13(9)17-14(19)11-6-5-10(18)7-12(11)16/h5-7,9,13,18H,1-4,8H2,(H,17,19). The molecule has 19 heavy (non-hydrogen) atoms. The van der Waals surface area contributed by atoms with Gasteiger partial charge in [-0.25, -0.2) is 4.39 Å². The van der Waals surface area contributed by atoms with Gasteiger partial charge < -0.3 is 10.4 Å². The van der Waals surface area contributed by atoms with E-state index in [-0.39, 0.29) is 17.4 Å². The van der Waals surface area contributed by atoms with Crippen LogP contribution in [-0.2, 0) is 0 Å². The van der Waals surface area contributed by atoms with E-state index in [1.54, 1.807) is 0 Å². The predicted molar refractivity (Wildman–Crippen MR) is 75.1 cm³/mol. The summed E-state index contributed by atoms with van der Waals surface area (Å²) in [5, 5.41) is 12.9. The maximum absolute atomic E-state index is 13.6. The molecule has 0 aromatic heterocycles. The van der Waals surface area contributed by atoms with Crippen LogP contribution in [0.4, 0.5) is 4.39 Å². The number of rotatable bonds is 3. The molecule has 0 radical (unpaired) electrons. The van der Waals surface area contributed by atoms with E-state index in [4.69, 9.17) is 5.11 Å². The highest BCUT2D eigenvalue weighted by molar-refractivity contribution is 9.09. The van der Waals surface area contributed by atoms with Gasteiger partial charge in [0.1, 0.15) is 11.6 Å². The molecule has 1 amide bonds. The Bertz CT molecular complexity index is 467. The van der Waals surface area contributed by atoms with Crippen molar-refractivity contribution < 1.29 is 14.3 Å². The molecule has 1 aliphatic carbocycles. The number of carbonyl (C=O) groups excluding carboxylic acids is 1. The van der Waals surface area contributed by atoms with E-state index in [9.17, 15) is 9.18 Å². The molecule has 2 atom stereocenters. The number of carbonyl (C=O) groups is 1. The Labute approximate surface area is 120 Å².